The van der Waals surface area contributed by atoms with Gasteiger partial charge in [-0.15, -0.1) is 0 Å². The molecular formula is C61H120NO11P. The molecule has 440 valence electrons. The zero-order valence-corrected chi connectivity index (χ0v) is 48.8. The summed E-state index contributed by atoms with van der Waals surface area (Å²) in [7, 11) is -5.08. The minimum Gasteiger partial charge on any atom is -0.387 e. The molecule has 6 unspecified atom stereocenters. The van der Waals surface area contributed by atoms with Gasteiger partial charge in [-0.25, -0.2) is 4.57 Å². The van der Waals surface area contributed by atoms with Crippen LogP contribution in [0.25, 0.3) is 0 Å². The van der Waals surface area contributed by atoms with Crippen molar-refractivity contribution in [3.8, 4) is 0 Å². The number of phosphoric ester groups is 1. The fourth-order valence-electron chi connectivity index (χ4n) is 10.5. The molecule has 8 N–H and O–H groups in total. The minimum atomic E-state index is -5.08. The van der Waals surface area contributed by atoms with Crippen molar-refractivity contribution < 1.29 is 53.9 Å². The third kappa shape index (κ3) is 40.3. The van der Waals surface area contributed by atoms with Crippen molar-refractivity contribution >= 4 is 13.7 Å². The Morgan fingerprint density at radius 1 is 0.446 bits per heavy atom. The van der Waals surface area contributed by atoms with Gasteiger partial charge in [0.15, 0.2) is 0 Å². The van der Waals surface area contributed by atoms with Gasteiger partial charge in [0.25, 0.3) is 0 Å². The van der Waals surface area contributed by atoms with Gasteiger partial charge in [-0.2, -0.15) is 0 Å². The molecule has 0 aromatic carbocycles. The van der Waals surface area contributed by atoms with Crippen LogP contribution in [0.4, 0.5) is 0 Å². The average molecular weight is 1070 g/mol. The van der Waals surface area contributed by atoms with E-state index in [4.69, 9.17) is 9.05 Å². The van der Waals surface area contributed by atoms with Crippen LogP contribution in [0, 0.1) is 0 Å². The van der Waals surface area contributed by atoms with Crippen LogP contribution in [0.2, 0.25) is 0 Å². The number of unbranched alkanes of at least 4 members (excludes halogenated alkanes) is 44. The lowest BCUT2D eigenvalue weighted by molar-refractivity contribution is -0.220. The largest absolute Gasteiger partial charge is 0.472 e. The van der Waals surface area contributed by atoms with Crippen LogP contribution in [-0.2, 0) is 18.4 Å². The van der Waals surface area contributed by atoms with E-state index >= 15 is 0 Å². The maximum Gasteiger partial charge on any atom is 0.472 e. The number of nitrogens with one attached hydrogen (secondary N) is 1. The number of aliphatic hydroxyl groups excluding tert-OH is 6. The Morgan fingerprint density at radius 3 is 1.03 bits per heavy atom. The number of hydrogen-bond acceptors (Lipinski definition) is 10. The van der Waals surface area contributed by atoms with Gasteiger partial charge in [0.1, 0.15) is 36.6 Å². The molecule has 1 aliphatic carbocycles. The zero-order chi connectivity index (χ0) is 54.2. The van der Waals surface area contributed by atoms with E-state index in [0.29, 0.717) is 6.42 Å². The van der Waals surface area contributed by atoms with Crippen LogP contribution in [0.15, 0.2) is 12.2 Å². The number of rotatable bonds is 55. The molecule has 0 spiro atoms. The van der Waals surface area contributed by atoms with Gasteiger partial charge in [0, 0.05) is 6.42 Å². The summed E-state index contributed by atoms with van der Waals surface area (Å²) in [5.41, 5.74) is 0. The second-order valence-corrected chi connectivity index (χ2v) is 24.0. The Balaban J connectivity index is 2.16. The van der Waals surface area contributed by atoms with Crippen molar-refractivity contribution in [3.05, 3.63) is 12.2 Å². The van der Waals surface area contributed by atoms with Crippen LogP contribution in [0.1, 0.15) is 316 Å². The van der Waals surface area contributed by atoms with Crippen LogP contribution >= 0.6 is 7.82 Å². The van der Waals surface area contributed by atoms with Crippen LogP contribution in [0.5, 0.6) is 0 Å². The summed E-state index contributed by atoms with van der Waals surface area (Å²) >= 11 is 0. The van der Waals surface area contributed by atoms with E-state index in [9.17, 15) is 44.9 Å². The van der Waals surface area contributed by atoms with Crippen molar-refractivity contribution in [1.82, 2.24) is 5.32 Å². The van der Waals surface area contributed by atoms with E-state index in [1.165, 1.54) is 244 Å². The van der Waals surface area contributed by atoms with Gasteiger partial charge in [-0.3, -0.25) is 13.8 Å². The van der Waals surface area contributed by atoms with E-state index in [1.54, 1.807) is 6.08 Å². The number of amides is 1. The number of hydrogen-bond donors (Lipinski definition) is 8. The monoisotopic (exact) mass is 1070 g/mol. The molecule has 0 aromatic rings. The maximum atomic E-state index is 13.0. The Morgan fingerprint density at radius 2 is 0.716 bits per heavy atom. The molecule has 1 amide bonds. The number of carbonyl (C=O) groups excluding carboxylic acids is 1. The van der Waals surface area contributed by atoms with Crippen molar-refractivity contribution in [2.24, 2.45) is 0 Å². The molecule has 1 saturated carbocycles. The Bertz CT molecular complexity index is 1290. The highest BCUT2D eigenvalue weighted by Crippen LogP contribution is 2.47. The normalized spacial score (nSPS) is 20.8. The lowest BCUT2D eigenvalue weighted by atomic mass is 9.85. The molecule has 0 aliphatic heterocycles. The fourth-order valence-corrected chi connectivity index (χ4v) is 11.5. The van der Waals surface area contributed by atoms with Crippen LogP contribution in [0.3, 0.4) is 0 Å². The first kappa shape index (κ1) is 71.1. The molecule has 0 bridgehead atoms. The molecule has 12 nitrogen and oxygen atoms in total. The first-order chi connectivity index (χ1) is 35.9. The molecule has 1 rings (SSSR count). The van der Waals surface area contributed by atoms with E-state index < -0.39 is 63.2 Å². The van der Waals surface area contributed by atoms with Crippen molar-refractivity contribution in [3.63, 3.8) is 0 Å². The van der Waals surface area contributed by atoms with Crippen molar-refractivity contribution in [2.75, 3.05) is 6.61 Å². The number of aliphatic hydroxyl groups is 6. The minimum absolute atomic E-state index is 0.219. The molecule has 74 heavy (non-hydrogen) atoms. The van der Waals surface area contributed by atoms with Crippen molar-refractivity contribution in [2.45, 2.75) is 364 Å². The summed E-state index contributed by atoms with van der Waals surface area (Å²) in [6, 6.07) is -1.11. The smallest absolute Gasteiger partial charge is 0.387 e. The molecule has 1 fully saturated rings. The quantitative estimate of drug-likeness (QED) is 0.0163. The van der Waals surface area contributed by atoms with Crippen LogP contribution < -0.4 is 5.32 Å². The Kier molecular flexibility index (Phi) is 48.3. The summed E-state index contributed by atoms with van der Waals surface area (Å²) in [6.07, 6.45) is 50.4. The van der Waals surface area contributed by atoms with Gasteiger partial charge in [0.2, 0.25) is 5.91 Å². The SMILES string of the molecule is CCCCCCCCCCCCC/C=C/[C@@H](O)[C@H](COP(=O)(O)OC1C(O)C(O)C(O)[C@@H](O)C1O)NC(=O)CCCCCCCCCCCCCCCCCCCCCCCCCCCCCCCCCCCC. The van der Waals surface area contributed by atoms with Gasteiger partial charge in [-0.05, 0) is 19.3 Å². The molecular weight excluding hydrogens is 954 g/mol. The third-order valence-corrected chi connectivity index (χ3v) is 16.6. The molecule has 13 heteroatoms. The average Bonchev–Trinajstić information content (AvgIpc) is 3.39. The Labute approximate surface area is 454 Å². The lowest BCUT2D eigenvalue weighted by Crippen LogP contribution is -2.64. The Hall–Kier alpha value is -0.920. The summed E-state index contributed by atoms with van der Waals surface area (Å²) in [6.45, 7) is 3.88. The molecule has 1 aliphatic rings. The highest BCUT2D eigenvalue weighted by atomic mass is 31.2. The standard InChI is InChI=1S/C61H120NO11P/c1-3-5-7-9-11-13-15-17-18-19-20-21-22-23-24-25-26-27-28-29-30-31-32-33-34-35-36-37-39-41-43-45-47-49-51-55(64)62-53(54(63)50-48-46-44-42-40-38-16-14-12-10-8-6-4-2)52-72-74(70,71)73-61-59(68)57(66)56(65)58(67)60(61)69/h48,50,53-54,56-61,63,65-69H,3-47,49,51-52H2,1-2H3,(H,62,64)(H,70,71)/b50-48+/t53-,54+,56?,57+,58?,59?,60?,61?/m0/s1. The van der Waals surface area contributed by atoms with Gasteiger partial charge < -0.3 is 40.8 Å². The molecule has 9 atom stereocenters. The summed E-state index contributed by atoms with van der Waals surface area (Å²) in [5, 5.41) is 64.3. The second kappa shape index (κ2) is 50.3. The second-order valence-electron chi connectivity index (χ2n) is 22.6. The lowest BCUT2D eigenvalue weighted by Gasteiger charge is -2.41. The van der Waals surface area contributed by atoms with Crippen molar-refractivity contribution in [1.29, 1.82) is 0 Å². The molecule has 0 heterocycles. The van der Waals surface area contributed by atoms with E-state index in [0.717, 1.165) is 44.9 Å². The van der Waals surface area contributed by atoms with Gasteiger partial charge in [-0.1, -0.05) is 302 Å². The first-order valence-electron chi connectivity index (χ1n) is 31.6. The topological polar surface area (TPSA) is 206 Å². The number of allylic oxidation sites excluding steroid dienone is 1. The van der Waals surface area contributed by atoms with E-state index in [-0.39, 0.29) is 12.3 Å². The highest BCUT2D eigenvalue weighted by molar-refractivity contribution is 7.47. The zero-order valence-electron chi connectivity index (χ0n) is 47.9. The highest BCUT2D eigenvalue weighted by Gasteiger charge is 2.51. The molecule has 0 aromatic heterocycles. The van der Waals surface area contributed by atoms with Crippen LogP contribution in [-0.4, -0.2) is 96.8 Å². The van der Waals surface area contributed by atoms with Gasteiger partial charge >= 0.3 is 7.82 Å². The summed E-state index contributed by atoms with van der Waals surface area (Å²) in [5.74, 6) is -0.334. The predicted molar refractivity (Wildman–Crippen MR) is 306 cm³/mol. The number of phosphoric acid groups is 1. The third-order valence-electron chi connectivity index (χ3n) is 15.6. The predicted octanol–water partition coefficient (Wildman–Crippen LogP) is 15.1. The first-order valence-corrected chi connectivity index (χ1v) is 33.1. The fraction of sp³-hybridized carbons (Fsp3) is 0.951. The van der Waals surface area contributed by atoms with Gasteiger partial charge in [0.05, 0.1) is 18.8 Å². The summed E-state index contributed by atoms with van der Waals surface area (Å²) < 4.78 is 23.0. The number of carbonyl (C=O) groups is 1. The molecule has 0 saturated heterocycles. The van der Waals surface area contributed by atoms with E-state index in [2.05, 4.69) is 19.2 Å². The summed E-state index contributed by atoms with van der Waals surface area (Å²) in [4.78, 5) is 23.5. The van der Waals surface area contributed by atoms with E-state index in [1.807, 2.05) is 6.08 Å². The maximum absolute atomic E-state index is 13.0. The molecule has 0 radical (unpaired) electrons.